The van der Waals surface area contributed by atoms with Crippen molar-refractivity contribution < 1.29 is 0 Å². The molecule has 1 aromatic rings. The number of nitriles is 1. The third-order valence-electron chi connectivity index (χ3n) is 1.53. The van der Waals surface area contributed by atoms with Crippen LogP contribution in [0.5, 0.6) is 0 Å². The third-order valence-corrected chi connectivity index (χ3v) is 1.75. The molecule has 0 spiro atoms. The molecule has 2 nitrogen and oxygen atoms in total. The topological polar surface area (TPSA) is 27.0 Å². The Bertz CT molecular complexity index is 326. The van der Waals surface area contributed by atoms with E-state index < -0.39 is 0 Å². The molecule has 3 heteroatoms. The van der Waals surface area contributed by atoms with Crippen molar-refractivity contribution in [1.82, 2.24) is 0 Å². The van der Waals surface area contributed by atoms with Crippen molar-refractivity contribution in [3.05, 3.63) is 28.8 Å². The Balaban J connectivity index is 3.17. The molecular formula is C9H9ClN2. The van der Waals surface area contributed by atoms with Crippen molar-refractivity contribution >= 4 is 17.3 Å². The van der Waals surface area contributed by atoms with E-state index >= 15 is 0 Å². The quantitative estimate of drug-likeness (QED) is 0.663. The smallest absolute Gasteiger partial charge is 0.0992 e. The number of benzene rings is 1. The molecule has 0 atom stereocenters. The van der Waals surface area contributed by atoms with Gasteiger partial charge in [-0.3, -0.25) is 0 Å². The summed E-state index contributed by atoms with van der Waals surface area (Å²) in [5.74, 6) is 0. The molecule has 0 bridgehead atoms. The first-order chi connectivity index (χ1) is 5.63. The summed E-state index contributed by atoms with van der Waals surface area (Å²) in [4.78, 5) is 1.91. The summed E-state index contributed by atoms with van der Waals surface area (Å²) in [6.07, 6.45) is 0. The second-order valence-electron chi connectivity index (χ2n) is 2.70. The van der Waals surface area contributed by atoms with Crippen LogP contribution in [0.25, 0.3) is 0 Å². The standard InChI is InChI=1S/C9H9ClN2/c1-12(2)9-4-7(6-11)3-8(10)5-9/h3-5H,1-2H3. The van der Waals surface area contributed by atoms with E-state index in [1.165, 1.54) is 0 Å². The number of nitrogens with zero attached hydrogens (tertiary/aromatic N) is 2. The first-order valence-corrected chi connectivity index (χ1v) is 3.89. The van der Waals surface area contributed by atoms with Crippen molar-refractivity contribution in [2.75, 3.05) is 19.0 Å². The molecular weight excluding hydrogens is 172 g/mol. The molecule has 0 heterocycles. The summed E-state index contributed by atoms with van der Waals surface area (Å²) in [6, 6.07) is 7.32. The first kappa shape index (κ1) is 8.89. The molecule has 0 aliphatic carbocycles. The Morgan fingerprint density at radius 1 is 1.33 bits per heavy atom. The van der Waals surface area contributed by atoms with Gasteiger partial charge in [-0.25, -0.2) is 0 Å². The number of hydrogen-bond donors (Lipinski definition) is 0. The molecule has 0 fully saturated rings. The monoisotopic (exact) mass is 180 g/mol. The van der Waals surface area contributed by atoms with Crippen LogP contribution in [-0.2, 0) is 0 Å². The first-order valence-electron chi connectivity index (χ1n) is 3.51. The minimum atomic E-state index is 0.589. The molecule has 0 radical (unpaired) electrons. The van der Waals surface area contributed by atoms with Crippen LogP contribution in [0.3, 0.4) is 0 Å². The van der Waals surface area contributed by atoms with Gasteiger partial charge in [0.05, 0.1) is 11.6 Å². The lowest BCUT2D eigenvalue weighted by molar-refractivity contribution is 1.13. The van der Waals surface area contributed by atoms with Crippen LogP contribution in [-0.4, -0.2) is 14.1 Å². The van der Waals surface area contributed by atoms with Crippen molar-refractivity contribution in [2.24, 2.45) is 0 Å². The van der Waals surface area contributed by atoms with Crippen molar-refractivity contribution in [2.45, 2.75) is 0 Å². The molecule has 0 amide bonds. The highest BCUT2D eigenvalue weighted by Gasteiger charge is 1.99. The van der Waals surface area contributed by atoms with Gasteiger partial charge < -0.3 is 4.90 Å². The normalized spacial score (nSPS) is 9.17. The van der Waals surface area contributed by atoms with Crippen molar-refractivity contribution in [3.8, 4) is 6.07 Å². The van der Waals surface area contributed by atoms with E-state index in [0.717, 1.165) is 5.69 Å². The Morgan fingerprint density at radius 2 is 2.00 bits per heavy atom. The fourth-order valence-electron chi connectivity index (χ4n) is 0.897. The molecule has 1 rings (SSSR count). The van der Waals surface area contributed by atoms with Gasteiger partial charge in [0, 0.05) is 24.8 Å². The summed E-state index contributed by atoms with van der Waals surface area (Å²) in [5.41, 5.74) is 1.53. The number of rotatable bonds is 1. The Morgan fingerprint density at radius 3 is 2.50 bits per heavy atom. The fourth-order valence-corrected chi connectivity index (χ4v) is 1.13. The van der Waals surface area contributed by atoms with Gasteiger partial charge in [0.2, 0.25) is 0 Å². The van der Waals surface area contributed by atoms with Crippen molar-refractivity contribution in [3.63, 3.8) is 0 Å². The molecule has 0 unspecified atom stereocenters. The summed E-state index contributed by atoms with van der Waals surface area (Å²) in [6.45, 7) is 0. The van der Waals surface area contributed by atoms with Gasteiger partial charge in [0.25, 0.3) is 0 Å². The van der Waals surface area contributed by atoms with E-state index in [1.54, 1.807) is 12.1 Å². The molecule has 0 aliphatic rings. The molecule has 0 aliphatic heterocycles. The fraction of sp³-hybridized carbons (Fsp3) is 0.222. The Kier molecular flexibility index (Phi) is 2.57. The highest BCUT2D eigenvalue weighted by atomic mass is 35.5. The zero-order valence-corrected chi connectivity index (χ0v) is 7.76. The van der Waals surface area contributed by atoms with Crippen LogP contribution in [0, 0.1) is 11.3 Å². The predicted octanol–water partition coefficient (Wildman–Crippen LogP) is 2.28. The number of halogens is 1. The minimum Gasteiger partial charge on any atom is -0.378 e. The number of anilines is 1. The van der Waals surface area contributed by atoms with E-state index in [9.17, 15) is 0 Å². The SMILES string of the molecule is CN(C)c1cc(Cl)cc(C#N)c1. The van der Waals surface area contributed by atoms with Gasteiger partial charge in [0.15, 0.2) is 0 Å². The maximum atomic E-state index is 8.64. The number of hydrogen-bond acceptors (Lipinski definition) is 2. The highest BCUT2D eigenvalue weighted by Crippen LogP contribution is 2.20. The van der Waals surface area contributed by atoms with Gasteiger partial charge in [-0.1, -0.05) is 11.6 Å². The Hall–Kier alpha value is -1.20. The van der Waals surface area contributed by atoms with Gasteiger partial charge in [-0.15, -0.1) is 0 Å². The van der Waals surface area contributed by atoms with Crippen LogP contribution < -0.4 is 4.90 Å². The van der Waals surface area contributed by atoms with Gasteiger partial charge in [0.1, 0.15) is 0 Å². The van der Waals surface area contributed by atoms with Crippen molar-refractivity contribution in [1.29, 1.82) is 5.26 Å². The lowest BCUT2D eigenvalue weighted by Crippen LogP contribution is -2.08. The summed E-state index contributed by atoms with van der Waals surface area (Å²) in [5, 5.41) is 9.24. The maximum absolute atomic E-state index is 8.64. The van der Waals surface area contributed by atoms with Crippen LogP contribution in [0.2, 0.25) is 5.02 Å². The molecule has 0 saturated heterocycles. The second kappa shape index (κ2) is 3.46. The van der Waals surface area contributed by atoms with E-state index in [4.69, 9.17) is 16.9 Å². The molecule has 0 saturated carbocycles. The van der Waals surface area contributed by atoms with E-state index in [-0.39, 0.29) is 0 Å². The van der Waals surface area contributed by atoms with Gasteiger partial charge in [-0.2, -0.15) is 5.26 Å². The molecule has 1 aromatic carbocycles. The maximum Gasteiger partial charge on any atom is 0.0992 e. The van der Waals surface area contributed by atoms with Crippen LogP contribution in [0.4, 0.5) is 5.69 Å². The average molecular weight is 181 g/mol. The molecule has 12 heavy (non-hydrogen) atoms. The molecule has 0 N–H and O–H groups in total. The lowest BCUT2D eigenvalue weighted by Gasteiger charge is -2.12. The van der Waals surface area contributed by atoms with E-state index in [2.05, 4.69) is 6.07 Å². The average Bonchev–Trinajstić information content (AvgIpc) is 2.03. The lowest BCUT2D eigenvalue weighted by atomic mass is 10.2. The van der Waals surface area contributed by atoms with Crippen LogP contribution in [0.1, 0.15) is 5.56 Å². The van der Waals surface area contributed by atoms with Crippen LogP contribution >= 0.6 is 11.6 Å². The van der Waals surface area contributed by atoms with E-state index in [0.29, 0.717) is 10.6 Å². The largest absolute Gasteiger partial charge is 0.378 e. The third kappa shape index (κ3) is 1.90. The minimum absolute atomic E-state index is 0.589. The molecule has 62 valence electrons. The summed E-state index contributed by atoms with van der Waals surface area (Å²) in [7, 11) is 3.82. The molecule has 0 aromatic heterocycles. The predicted molar refractivity (Wildman–Crippen MR) is 50.5 cm³/mol. The van der Waals surface area contributed by atoms with Crippen LogP contribution in [0.15, 0.2) is 18.2 Å². The highest BCUT2D eigenvalue weighted by molar-refractivity contribution is 6.31. The summed E-state index contributed by atoms with van der Waals surface area (Å²) >= 11 is 5.80. The Labute approximate surface area is 77.0 Å². The summed E-state index contributed by atoms with van der Waals surface area (Å²) < 4.78 is 0. The van der Waals surface area contributed by atoms with Gasteiger partial charge in [-0.05, 0) is 18.2 Å². The second-order valence-corrected chi connectivity index (χ2v) is 3.14. The zero-order chi connectivity index (χ0) is 9.14. The van der Waals surface area contributed by atoms with E-state index in [1.807, 2.05) is 25.1 Å². The zero-order valence-electron chi connectivity index (χ0n) is 7.00. The van der Waals surface area contributed by atoms with Gasteiger partial charge >= 0.3 is 0 Å².